The van der Waals surface area contributed by atoms with E-state index in [9.17, 15) is 4.21 Å². The molecule has 1 saturated carbocycles. The Morgan fingerprint density at radius 3 is 2.95 bits per heavy atom. The Morgan fingerprint density at radius 2 is 2.20 bits per heavy atom. The van der Waals surface area contributed by atoms with E-state index in [4.69, 9.17) is 0 Å². The van der Waals surface area contributed by atoms with Crippen molar-refractivity contribution in [2.75, 3.05) is 32.4 Å². The summed E-state index contributed by atoms with van der Waals surface area (Å²) in [6, 6.07) is 1.18. The Balaban J connectivity index is 1.84. The molecule has 1 saturated heterocycles. The van der Waals surface area contributed by atoms with E-state index in [-0.39, 0.29) is 0 Å². The van der Waals surface area contributed by atoms with Crippen molar-refractivity contribution in [2.24, 2.45) is 5.92 Å². The zero-order valence-corrected chi connectivity index (χ0v) is 13.9. The molecule has 2 aliphatic rings. The third-order valence-electron chi connectivity index (χ3n) is 4.84. The molecule has 0 aromatic carbocycles. The molecule has 0 amide bonds. The van der Waals surface area contributed by atoms with Gasteiger partial charge in [-0.25, -0.2) is 8.51 Å². The minimum atomic E-state index is -0.772. The topological polar surface area (TPSA) is 44.4 Å². The number of nitrogens with zero attached hydrogens (tertiary/aromatic N) is 1. The van der Waals surface area contributed by atoms with Gasteiger partial charge in [0, 0.05) is 37.5 Å². The molecule has 0 aromatic rings. The van der Waals surface area contributed by atoms with Gasteiger partial charge >= 0.3 is 0 Å². The second kappa shape index (κ2) is 8.47. The summed E-state index contributed by atoms with van der Waals surface area (Å²) < 4.78 is 14.6. The minimum Gasteiger partial charge on any atom is -0.317 e. The first kappa shape index (κ1) is 16.4. The second-order valence-electron chi connectivity index (χ2n) is 6.19. The van der Waals surface area contributed by atoms with Crippen LogP contribution in [0.4, 0.5) is 0 Å². The Hall–Kier alpha value is 0.0300. The SMILES string of the molecule is CCCS(=O)N1CCNCC1CC[C@H]1CCCC1NC. The van der Waals surface area contributed by atoms with E-state index in [2.05, 4.69) is 28.9 Å². The highest BCUT2D eigenvalue weighted by molar-refractivity contribution is 7.82. The highest BCUT2D eigenvalue weighted by atomic mass is 32.2. The molecule has 1 aliphatic heterocycles. The molecule has 1 aliphatic carbocycles. The van der Waals surface area contributed by atoms with E-state index in [1.165, 1.54) is 32.1 Å². The molecule has 118 valence electrons. The lowest BCUT2D eigenvalue weighted by Gasteiger charge is -2.35. The first-order valence-electron chi connectivity index (χ1n) is 8.29. The van der Waals surface area contributed by atoms with Crippen molar-refractivity contribution in [3.8, 4) is 0 Å². The quantitative estimate of drug-likeness (QED) is 0.749. The predicted molar refractivity (Wildman–Crippen MR) is 86.1 cm³/mol. The molecule has 0 aromatic heterocycles. The summed E-state index contributed by atoms with van der Waals surface area (Å²) in [5.74, 6) is 1.64. The van der Waals surface area contributed by atoms with Crippen LogP contribution in [0.1, 0.15) is 45.4 Å². The normalized spacial score (nSPS) is 33.4. The fraction of sp³-hybridized carbons (Fsp3) is 1.00. The molecular weight excluding hydrogens is 270 g/mol. The van der Waals surface area contributed by atoms with E-state index in [1.807, 2.05) is 0 Å². The van der Waals surface area contributed by atoms with Crippen LogP contribution in [0, 0.1) is 5.92 Å². The van der Waals surface area contributed by atoms with Gasteiger partial charge in [0.2, 0.25) is 0 Å². The summed E-state index contributed by atoms with van der Waals surface area (Å²) in [6.07, 6.45) is 7.53. The van der Waals surface area contributed by atoms with Crippen LogP contribution in [-0.2, 0) is 11.0 Å². The van der Waals surface area contributed by atoms with Crippen molar-refractivity contribution in [3.05, 3.63) is 0 Å². The Bertz CT molecular complexity index is 313. The summed E-state index contributed by atoms with van der Waals surface area (Å²) in [5.41, 5.74) is 0. The van der Waals surface area contributed by atoms with Gasteiger partial charge in [0.1, 0.15) is 0 Å². The molecule has 2 N–H and O–H groups in total. The molecule has 0 radical (unpaired) electrons. The van der Waals surface area contributed by atoms with Crippen LogP contribution in [-0.4, -0.2) is 53.0 Å². The summed E-state index contributed by atoms with van der Waals surface area (Å²) in [4.78, 5) is 0. The van der Waals surface area contributed by atoms with Gasteiger partial charge in [0.05, 0.1) is 11.0 Å². The molecule has 4 atom stereocenters. The smallest absolute Gasteiger partial charge is 0.0945 e. The Morgan fingerprint density at radius 1 is 1.35 bits per heavy atom. The summed E-state index contributed by atoms with van der Waals surface area (Å²) in [5, 5.41) is 6.94. The molecule has 0 spiro atoms. The third kappa shape index (κ3) is 4.26. The highest BCUT2D eigenvalue weighted by Crippen LogP contribution is 2.30. The lowest BCUT2D eigenvalue weighted by Crippen LogP contribution is -2.52. The van der Waals surface area contributed by atoms with E-state index in [0.29, 0.717) is 12.1 Å². The van der Waals surface area contributed by atoms with Gasteiger partial charge in [-0.15, -0.1) is 0 Å². The number of piperazine rings is 1. The van der Waals surface area contributed by atoms with Crippen molar-refractivity contribution in [1.29, 1.82) is 0 Å². The molecule has 3 unspecified atom stereocenters. The minimum absolute atomic E-state index is 0.467. The van der Waals surface area contributed by atoms with Gasteiger partial charge in [0.15, 0.2) is 0 Å². The summed E-state index contributed by atoms with van der Waals surface area (Å²) in [7, 11) is 1.32. The van der Waals surface area contributed by atoms with Crippen LogP contribution in [0.2, 0.25) is 0 Å². The van der Waals surface area contributed by atoms with Crippen LogP contribution in [0.15, 0.2) is 0 Å². The van der Waals surface area contributed by atoms with E-state index < -0.39 is 11.0 Å². The first-order valence-corrected chi connectivity index (χ1v) is 9.57. The number of rotatable bonds is 7. The molecular formula is C15H31N3OS. The second-order valence-corrected chi connectivity index (χ2v) is 7.71. The molecule has 1 heterocycles. The van der Waals surface area contributed by atoms with Gasteiger partial charge in [0.25, 0.3) is 0 Å². The van der Waals surface area contributed by atoms with E-state index in [1.54, 1.807) is 0 Å². The van der Waals surface area contributed by atoms with Gasteiger partial charge in [-0.3, -0.25) is 0 Å². The van der Waals surface area contributed by atoms with Gasteiger partial charge in [-0.2, -0.15) is 0 Å². The molecule has 5 heteroatoms. The maximum atomic E-state index is 12.3. The highest BCUT2D eigenvalue weighted by Gasteiger charge is 2.30. The van der Waals surface area contributed by atoms with Crippen molar-refractivity contribution >= 4 is 11.0 Å². The maximum absolute atomic E-state index is 12.3. The fourth-order valence-corrected chi connectivity index (χ4v) is 5.11. The molecule has 2 rings (SSSR count). The van der Waals surface area contributed by atoms with Gasteiger partial charge in [-0.1, -0.05) is 13.3 Å². The zero-order chi connectivity index (χ0) is 14.4. The first-order chi connectivity index (χ1) is 9.76. The predicted octanol–water partition coefficient (Wildman–Crippen LogP) is 1.50. The lowest BCUT2D eigenvalue weighted by atomic mass is 9.94. The molecule has 0 bridgehead atoms. The van der Waals surface area contributed by atoms with Crippen molar-refractivity contribution in [1.82, 2.24) is 14.9 Å². The van der Waals surface area contributed by atoms with E-state index in [0.717, 1.165) is 37.7 Å². The van der Waals surface area contributed by atoms with E-state index >= 15 is 0 Å². The summed E-state index contributed by atoms with van der Waals surface area (Å²) in [6.45, 7) is 5.05. The molecule has 4 nitrogen and oxygen atoms in total. The zero-order valence-electron chi connectivity index (χ0n) is 13.1. The van der Waals surface area contributed by atoms with Crippen LogP contribution in [0.3, 0.4) is 0 Å². The van der Waals surface area contributed by atoms with Crippen molar-refractivity contribution in [3.63, 3.8) is 0 Å². The van der Waals surface area contributed by atoms with Crippen LogP contribution >= 0.6 is 0 Å². The number of nitrogens with one attached hydrogen (secondary N) is 2. The summed E-state index contributed by atoms with van der Waals surface area (Å²) >= 11 is 0. The van der Waals surface area contributed by atoms with Crippen LogP contribution in [0.5, 0.6) is 0 Å². The lowest BCUT2D eigenvalue weighted by molar-refractivity contribution is 0.245. The monoisotopic (exact) mass is 301 g/mol. The maximum Gasteiger partial charge on any atom is 0.0945 e. The van der Waals surface area contributed by atoms with Crippen molar-refractivity contribution < 1.29 is 4.21 Å². The average Bonchev–Trinajstić information content (AvgIpc) is 2.93. The fourth-order valence-electron chi connectivity index (χ4n) is 3.72. The van der Waals surface area contributed by atoms with Gasteiger partial charge < -0.3 is 10.6 Å². The van der Waals surface area contributed by atoms with Crippen LogP contribution < -0.4 is 10.6 Å². The largest absolute Gasteiger partial charge is 0.317 e. The van der Waals surface area contributed by atoms with Crippen LogP contribution in [0.25, 0.3) is 0 Å². The standard InChI is InChI=1S/C15H31N3OS/c1-3-11-20(19)18-10-9-17-12-14(18)8-7-13-5-4-6-15(13)16-2/h13-17H,3-12H2,1-2H3/t13-,14?,15?,20?/m1/s1. The number of hydrogen-bond acceptors (Lipinski definition) is 3. The Kier molecular flexibility index (Phi) is 6.94. The molecule has 2 fully saturated rings. The Labute approximate surface area is 126 Å². The number of hydrogen-bond donors (Lipinski definition) is 2. The third-order valence-corrected chi connectivity index (χ3v) is 6.60. The average molecular weight is 302 g/mol. The molecule has 20 heavy (non-hydrogen) atoms. The van der Waals surface area contributed by atoms with Crippen molar-refractivity contribution in [2.45, 2.75) is 57.5 Å². The van der Waals surface area contributed by atoms with Gasteiger partial charge in [-0.05, 0) is 45.1 Å².